The largest absolute Gasteiger partial charge is 0.312 e. The lowest BCUT2D eigenvalue weighted by Crippen LogP contribution is -2.17. The Morgan fingerprint density at radius 2 is 2.22 bits per heavy atom. The van der Waals surface area contributed by atoms with E-state index < -0.39 is 0 Å². The van der Waals surface area contributed by atoms with E-state index in [0.29, 0.717) is 0 Å². The molecule has 0 atom stereocenters. The van der Waals surface area contributed by atoms with Gasteiger partial charge in [-0.25, -0.2) is 4.98 Å². The standard InChI is InChI=1S/C13H17BrN4/c1-10-7-11(3-4-12(10)14)8-15-6-5-13-16-9-18(2)17-13/h3-4,7,9,15H,5-6,8H2,1-2H3. The van der Waals surface area contributed by atoms with E-state index in [2.05, 4.69) is 56.5 Å². The molecule has 1 N–H and O–H groups in total. The normalized spacial score (nSPS) is 10.8. The summed E-state index contributed by atoms with van der Waals surface area (Å²) in [5, 5.41) is 7.64. The van der Waals surface area contributed by atoms with E-state index in [-0.39, 0.29) is 0 Å². The highest BCUT2D eigenvalue weighted by Crippen LogP contribution is 2.16. The van der Waals surface area contributed by atoms with Crippen LogP contribution in [0.2, 0.25) is 0 Å². The number of nitrogens with one attached hydrogen (secondary N) is 1. The average Bonchev–Trinajstić information content (AvgIpc) is 2.75. The lowest BCUT2D eigenvalue weighted by molar-refractivity contribution is 0.661. The molecule has 96 valence electrons. The van der Waals surface area contributed by atoms with Gasteiger partial charge in [0.1, 0.15) is 6.33 Å². The Morgan fingerprint density at radius 1 is 1.39 bits per heavy atom. The van der Waals surface area contributed by atoms with E-state index in [1.54, 1.807) is 11.0 Å². The van der Waals surface area contributed by atoms with Crippen LogP contribution < -0.4 is 5.32 Å². The van der Waals surface area contributed by atoms with E-state index in [9.17, 15) is 0 Å². The number of benzene rings is 1. The topological polar surface area (TPSA) is 42.7 Å². The Bertz CT molecular complexity index is 521. The molecule has 2 aromatic rings. The minimum atomic E-state index is 0.857. The molecule has 2 rings (SSSR count). The molecule has 5 heteroatoms. The summed E-state index contributed by atoms with van der Waals surface area (Å²) in [6.07, 6.45) is 2.59. The van der Waals surface area contributed by atoms with Gasteiger partial charge in [-0.2, -0.15) is 5.10 Å². The first-order valence-corrected chi connectivity index (χ1v) is 6.75. The van der Waals surface area contributed by atoms with Crippen molar-refractivity contribution in [3.63, 3.8) is 0 Å². The van der Waals surface area contributed by atoms with Gasteiger partial charge in [0.2, 0.25) is 0 Å². The fraction of sp³-hybridized carbons (Fsp3) is 0.385. The Morgan fingerprint density at radius 3 is 2.89 bits per heavy atom. The third-order valence-electron chi connectivity index (χ3n) is 2.72. The minimum absolute atomic E-state index is 0.857. The molecule has 1 aromatic heterocycles. The molecule has 18 heavy (non-hydrogen) atoms. The molecular formula is C13H17BrN4. The summed E-state index contributed by atoms with van der Waals surface area (Å²) in [5.41, 5.74) is 2.56. The fourth-order valence-electron chi connectivity index (χ4n) is 1.75. The number of aryl methyl sites for hydroxylation is 2. The second-order valence-corrected chi connectivity index (χ2v) is 5.20. The molecule has 0 amide bonds. The first-order valence-electron chi connectivity index (χ1n) is 5.95. The average molecular weight is 309 g/mol. The number of hydrogen-bond acceptors (Lipinski definition) is 3. The van der Waals surface area contributed by atoms with Gasteiger partial charge in [-0.05, 0) is 24.1 Å². The molecule has 0 aliphatic heterocycles. The SMILES string of the molecule is Cc1cc(CNCCc2ncn(C)n2)ccc1Br. The van der Waals surface area contributed by atoms with E-state index >= 15 is 0 Å². The lowest BCUT2D eigenvalue weighted by Gasteiger charge is -2.05. The zero-order valence-corrected chi connectivity index (χ0v) is 12.2. The van der Waals surface area contributed by atoms with Gasteiger partial charge < -0.3 is 5.32 Å². The second kappa shape index (κ2) is 6.11. The minimum Gasteiger partial charge on any atom is -0.312 e. The monoisotopic (exact) mass is 308 g/mol. The lowest BCUT2D eigenvalue weighted by atomic mass is 10.1. The van der Waals surface area contributed by atoms with Gasteiger partial charge in [0.25, 0.3) is 0 Å². The summed E-state index contributed by atoms with van der Waals surface area (Å²) < 4.78 is 2.89. The first-order chi connectivity index (χ1) is 8.65. The van der Waals surface area contributed by atoms with Crippen molar-refractivity contribution in [3.8, 4) is 0 Å². The summed E-state index contributed by atoms with van der Waals surface area (Å²) in [4.78, 5) is 4.19. The predicted octanol–water partition coefficient (Wildman–Crippen LogP) is 2.22. The molecule has 4 nitrogen and oxygen atoms in total. The van der Waals surface area contributed by atoms with Crippen LogP contribution in [-0.2, 0) is 20.0 Å². The maximum atomic E-state index is 4.24. The van der Waals surface area contributed by atoms with E-state index in [1.807, 2.05) is 7.05 Å². The van der Waals surface area contributed by atoms with Crippen LogP contribution in [0.5, 0.6) is 0 Å². The highest BCUT2D eigenvalue weighted by atomic mass is 79.9. The summed E-state index contributed by atoms with van der Waals surface area (Å²) in [7, 11) is 1.88. The van der Waals surface area contributed by atoms with Crippen molar-refractivity contribution in [2.75, 3.05) is 6.54 Å². The van der Waals surface area contributed by atoms with E-state index in [1.165, 1.54) is 11.1 Å². The van der Waals surface area contributed by atoms with Crippen LogP contribution in [0.15, 0.2) is 29.0 Å². The van der Waals surface area contributed by atoms with Crippen molar-refractivity contribution in [1.29, 1.82) is 0 Å². The van der Waals surface area contributed by atoms with Crippen molar-refractivity contribution in [2.45, 2.75) is 19.9 Å². The number of halogens is 1. The molecule has 0 radical (unpaired) electrons. The van der Waals surface area contributed by atoms with Crippen molar-refractivity contribution in [1.82, 2.24) is 20.1 Å². The number of aromatic nitrogens is 3. The molecule has 0 saturated heterocycles. The molecule has 0 spiro atoms. The Hall–Kier alpha value is -1.20. The highest BCUT2D eigenvalue weighted by molar-refractivity contribution is 9.10. The van der Waals surface area contributed by atoms with Crippen LogP contribution in [0, 0.1) is 6.92 Å². The molecule has 0 fully saturated rings. The molecule has 0 unspecified atom stereocenters. The van der Waals surface area contributed by atoms with Crippen LogP contribution in [0.25, 0.3) is 0 Å². The maximum absolute atomic E-state index is 4.24. The van der Waals surface area contributed by atoms with Gasteiger partial charge in [-0.15, -0.1) is 0 Å². The van der Waals surface area contributed by atoms with Crippen molar-refractivity contribution < 1.29 is 0 Å². The number of nitrogens with zero attached hydrogens (tertiary/aromatic N) is 3. The summed E-state index contributed by atoms with van der Waals surface area (Å²) in [6, 6.07) is 6.41. The van der Waals surface area contributed by atoms with Crippen LogP contribution in [0.1, 0.15) is 17.0 Å². The Balaban J connectivity index is 1.76. The molecule has 0 aliphatic rings. The zero-order valence-electron chi connectivity index (χ0n) is 10.7. The molecule has 1 aromatic carbocycles. The highest BCUT2D eigenvalue weighted by Gasteiger charge is 2.00. The molecule has 0 saturated carbocycles. The van der Waals surface area contributed by atoms with Gasteiger partial charge in [0.15, 0.2) is 5.82 Å². The number of hydrogen-bond donors (Lipinski definition) is 1. The van der Waals surface area contributed by atoms with Gasteiger partial charge in [0.05, 0.1) is 0 Å². The van der Waals surface area contributed by atoms with Gasteiger partial charge in [0, 0.05) is 31.0 Å². The fourth-order valence-corrected chi connectivity index (χ4v) is 1.99. The zero-order chi connectivity index (χ0) is 13.0. The summed E-state index contributed by atoms with van der Waals surface area (Å²) in [5.74, 6) is 0.886. The van der Waals surface area contributed by atoms with Gasteiger partial charge in [-0.3, -0.25) is 4.68 Å². The van der Waals surface area contributed by atoms with Crippen LogP contribution in [0.4, 0.5) is 0 Å². The van der Waals surface area contributed by atoms with Gasteiger partial charge in [-0.1, -0.05) is 28.1 Å². The van der Waals surface area contributed by atoms with Gasteiger partial charge >= 0.3 is 0 Å². The van der Waals surface area contributed by atoms with E-state index in [0.717, 1.165) is 29.8 Å². The Labute approximate surface area is 116 Å². The molecular weight excluding hydrogens is 292 g/mol. The van der Waals surface area contributed by atoms with Crippen molar-refractivity contribution in [3.05, 3.63) is 46.0 Å². The smallest absolute Gasteiger partial charge is 0.151 e. The van der Waals surface area contributed by atoms with Crippen LogP contribution in [-0.4, -0.2) is 21.3 Å². The summed E-state index contributed by atoms with van der Waals surface area (Å²) in [6.45, 7) is 3.87. The maximum Gasteiger partial charge on any atom is 0.151 e. The van der Waals surface area contributed by atoms with Crippen molar-refractivity contribution >= 4 is 15.9 Å². The summed E-state index contributed by atoms with van der Waals surface area (Å²) >= 11 is 3.50. The third kappa shape index (κ3) is 3.65. The third-order valence-corrected chi connectivity index (χ3v) is 3.61. The predicted molar refractivity (Wildman–Crippen MR) is 75.3 cm³/mol. The molecule has 0 bridgehead atoms. The van der Waals surface area contributed by atoms with E-state index in [4.69, 9.17) is 0 Å². The molecule has 0 aliphatic carbocycles. The van der Waals surface area contributed by atoms with Crippen molar-refractivity contribution in [2.24, 2.45) is 7.05 Å². The second-order valence-electron chi connectivity index (χ2n) is 4.34. The number of rotatable bonds is 5. The van der Waals surface area contributed by atoms with Crippen LogP contribution >= 0.6 is 15.9 Å². The van der Waals surface area contributed by atoms with Crippen LogP contribution in [0.3, 0.4) is 0 Å². The first kappa shape index (κ1) is 13.2. The Kier molecular flexibility index (Phi) is 4.49. The quantitative estimate of drug-likeness (QED) is 0.861. The molecule has 1 heterocycles.